The van der Waals surface area contributed by atoms with Gasteiger partial charge in [-0.1, -0.05) is 13.8 Å². The first kappa shape index (κ1) is 11.9. The monoisotopic (exact) mass is 205 g/mol. The first-order valence-electron chi connectivity index (χ1n) is 4.87. The lowest BCUT2D eigenvalue weighted by Crippen LogP contribution is -2.63. The molecule has 84 valence electrons. The average molecular weight is 205 g/mol. The minimum Gasteiger partial charge on any atom is -0.394 e. The lowest BCUT2D eigenvalue weighted by atomic mass is 9.88. The van der Waals surface area contributed by atoms with Crippen LogP contribution in [0.4, 0.5) is 0 Å². The maximum absolute atomic E-state index is 9.65. The first-order chi connectivity index (χ1) is 6.49. The van der Waals surface area contributed by atoms with Crippen LogP contribution in [0.2, 0.25) is 0 Å². The lowest BCUT2D eigenvalue weighted by Gasteiger charge is -2.42. The number of nitrogens with two attached hydrogens (primary N) is 1. The highest BCUT2D eigenvalue weighted by molar-refractivity contribution is 4.95. The van der Waals surface area contributed by atoms with Crippen LogP contribution in [0.25, 0.3) is 0 Å². The molecule has 0 aliphatic carbocycles. The van der Waals surface area contributed by atoms with Crippen molar-refractivity contribution in [2.75, 3.05) is 6.61 Å². The Balaban J connectivity index is 2.73. The highest BCUT2D eigenvalue weighted by Gasteiger charge is 2.43. The first-order valence-corrected chi connectivity index (χ1v) is 4.87. The van der Waals surface area contributed by atoms with E-state index in [1.165, 1.54) is 0 Å². The fourth-order valence-electron chi connectivity index (χ4n) is 1.73. The van der Waals surface area contributed by atoms with Crippen molar-refractivity contribution >= 4 is 0 Å². The predicted octanol–water partition coefficient (Wildman–Crippen LogP) is -1.55. The maximum atomic E-state index is 9.65. The van der Waals surface area contributed by atoms with Gasteiger partial charge in [-0.2, -0.15) is 0 Å². The summed E-state index contributed by atoms with van der Waals surface area (Å²) in [6.45, 7) is 3.52. The van der Waals surface area contributed by atoms with Gasteiger partial charge in [-0.3, -0.25) is 0 Å². The van der Waals surface area contributed by atoms with Gasteiger partial charge in [0.2, 0.25) is 0 Å². The second-order valence-corrected chi connectivity index (χ2v) is 4.12. The molecule has 5 N–H and O–H groups in total. The van der Waals surface area contributed by atoms with Crippen LogP contribution in [0.15, 0.2) is 0 Å². The van der Waals surface area contributed by atoms with E-state index in [1.54, 1.807) is 0 Å². The van der Waals surface area contributed by atoms with Crippen molar-refractivity contribution in [3.05, 3.63) is 0 Å². The number of rotatable bonds is 2. The van der Waals surface area contributed by atoms with Crippen molar-refractivity contribution < 1.29 is 20.1 Å². The Hall–Kier alpha value is -0.200. The SMILES string of the molecule is CC(C)[C@@H]1OC(CO)[C@H](N)[C@H](O)C1O. The molecule has 5 heteroatoms. The van der Waals surface area contributed by atoms with Gasteiger partial charge in [0, 0.05) is 0 Å². The molecule has 1 heterocycles. The molecule has 5 nitrogen and oxygen atoms in total. The molecule has 1 rings (SSSR count). The molecule has 2 unspecified atom stereocenters. The minimum absolute atomic E-state index is 0.0706. The summed E-state index contributed by atoms with van der Waals surface area (Å²) in [7, 11) is 0. The van der Waals surface area contributed by atoms with Crippen molar-refractivity contribution in [2.45, 2.75) is 44.3 Å². The van der Waals surface area contributed by atoms with Crippen molar-refractivity contribution in [3.8, 4) is 0 Å². The summed E-state index contributed by atoms with van der Waals surface area (Å²) in [4.78, 5) is 0. The van der Waals surface area contributed by atoms with Crippen LogP contribution in [0.5, 0.6) is 0 Å². The molecular formula is C9H19NO4. The van der Waals surface area contributed by atoms with Crippen molar-refractivity contribution in [1.29, 1.82) is 0 Å². The summed E-state index contributed by atoms with van der Waals surface area (Å²) in [5.41, 5.74) is 5.59. The van der Waals surface area contributed by atoms with Gasteiger partial charge in [0.05, 0.1) is 24.9 Å². The zero-order valence-electron chi connectivity index (χ0n) is 8.50. The number of aliphatic hydroxyl groups excluding tert-OH is 3. The van der Waals surface area contributed by atoms with E-state index in [-0.39, 0.29) is 12.5 Å². The summed E-state index contributed by atoms with van der Waals surface area (Å²) in [6, 6.07) is -0.731. The van der Waals surface area contributed by atoms with Crippen LogP contribution < -0.4 is 5.73 Å². The highest BCUT2D eigenvalue weighted by Crippen LogP contribution is 2.24. The van der Waals surface area contributed by atoms with E-state index >= 15 is 0 Å². The molecule has 14 heavy (non-hydrogen) atoms. The summed E-state index contributed by atoms with van der Waals surface area (Å²) >= 11 is 0. The van der Waals surface area contributed by atoms with Gasteiger partial charge < -0.3 is 25.8 Å². The Labute approximate surface area is 83.5 Å². The van der Waals surface area contributed by atoms with E-state index in [0.717, 1.165) is 0 Å². The molecule has 0 amide bonds. The quantitative estimate of drug-likeness (QED) is 0.438. The highest BCUT2D eigenvalue weighted by atomic mass is 16.5. The number of hydrogen-bond acceptors (Lipinski definition) is 5. The minimum atomic E-state index is -1.03. The van der Waals surface area contributed by atoms with E-state index in [9.17, 15) is 10.2 Å². The maximum Gasteiger partial charge on any atom is 0.108 e. The molecule has 0 aromatic rings. The second-order valence-electron chi connectivity index (χ2n) is 4.12. The Morgan fingerprint density at radius 3 is 2.29 bits per heavy atom. The standard InChI is InChI=1S/C9H19NO4/c1-4(2)9-8(13)7(12)6(10)5(3-11)14-9/h4-9,11-13H,3,10H2,1-2H3/t5?,6-,7-,8?,9-/m0/s1. The van der Waals surface area contributed by atoms with Crippen LogP contribution >= 0.6 is 0 Å². The van der Waals surface area contributed by atoms with Crippen LogP contribution in [0, 0.1) is 5.92 Å². The van der Waals surface area contributed by atoms with Gasteiger partial charge in [0.15, 0.2) is 0 Å². The van der Waals surface area contributed by atoms with Crippen LogP contribution in [-0.2, 0) is 4.74 Å². The van der Waals surface area contributed by atoms with Gasteiger partial charge in [-0.15, -0.1) is 0 Å². The molecule has 0 aromatic heterocycles. The molecule has 0 saturated carbocycles. The molecule has 1 aliphatic heterocycles. The van der Waals surface area contributed by atoms with Gasteiger partial charge in [-0.25, -0.2) is 0 Å². The molecule has 5 atom stereocenters. The van der Waals surface area contributed by atoms with Crippen molar-refractivity contribution in [1.82, 2.24) is 0 Å². The molecule has 0 radical (unpaired) electrons. The number of hydrogen-bond donors (Lipinski definition) is 4. The van der Waals surface area contributed by atoms with E-state index < -0.39 is 30.5 Å². The summed E-state index contributed by atoms with van der Waals surface area (Å²) in [5.74, 6) is 0.0706. The number of ether oxygens (including phenoxy) is 1. The third kappa shape index (κ3) is 2.07. The normalized spacial score (nSPS) is 44.4. The topological polar surface area (TPSA) is 95.9 Å². The van der Waals surface area contributed by atoms with E-state index in [2.05, 4.69) is 0 Å². The molecule has 1 saturated heterocycles. The number of aliphatic hydroxyl groups is 3. The molecule has 0 bridgehead atoms. The molecular weight excluding hydrogens is 186 g/mol. The average Bonchev–Trinajstić information content (AvgIpc) is 2.14. The van der Waals surface area contributed by atoms with Gasteiger partial charge in [0.1, 0.15) is 12.2 Å². The molecule has 0 spiro atoms. The van der Waals surface area contributed by atoms with Crippen LogP contribution in [0.3, 0.4) is 0 Å². The summed E-state index contributed by atoms with van der Waals surface area (Å²) in [5, 5.41) is 28.2. The van der Waals surface area contributed by atoms with Crippen LogP contribution in [-0.4, -0.2) is 52.4 Å². The summed E-state index contributed by atoms with van der Waals surface area (Å²) < 4.78 is 5.41. The molecule has 1 aliphatic rings. The smallest absolute Gasteiger partial charge is 0.108 e. The predicted molar refractivity (Wildman–Crippen MR) is 50.6 cm³/mol. The van der Waals surface area contributed by atoms with Crippen molar-refractivity contribution in [3.63, 3.8) is 0 Å². The fraction of sp³-hybridized carbons (Fsp3) is 1.00. The Morgan fingerprint density at radius 2 is 1.86 bits per heavy atom. The van der Waals surface area contributed by atoms with Crippen molar-refractivity contribution in [2.24, 2.45) is 11.7 Å². The molecule has 0 aromatic carbocycles. The van der Waals surface area contributed by atoms with Gasteiger partial charge in [0.25, 0.3) is 0 Å². The lowest BCUT2D eigenvalue weighted by molar-refractivity contribution is -0.198. The summed E-state index contributed by atoms with van der Waals surface area (Å²) in [6.07, 6.45) is -3.08. The Bertz CT molecular complexity index is 186. The molecule has 1 fully saturated rings. The van der Waals surface area contributed by atoms with Crippen LogP contribution in [0.1, 0.15) is 13.8 Å². The third-order valence-corrected chi connectivity index (χ3v) is 2.68. The largest absolute Gasteiger partial charge is 0.394 e. The van der Waals surface area contributed by atoms with E-state index in [1.807, 2.05) is 13.8 Å². The third-order valence-electron chi connectivity index (χ3n) is 2.68. The zero-order valence-corrected chi connectivity index (χ0v) is 8.50. The fourth-order valence-corrected chi connectivity index (χ4v) is 1.73. The van der Waals surface area contributed by atoms with E-state index in [4.69, 9.17) is 15.6 Å². The Morgan fingerprint density at radius 1 is 1.29 bits per heavy atom. The van der Waals surface area contributed by atoms with Gasteiger partial charge >= 0.3 is 0 Å². The zero-order chi connectivity index (χ0) is 10.9. The Kier molecular flexibility index (Phi) is 3.86. The van der Waals surface area contributed by atoms with Gasteiger partial charge in [-0.05, 0) is 5.92 Å². The second kappa shape index (κ2) is 4.55. The van der Waals surface area contributed by atoms with E-state index in [0.29, 0.717) is 0 Å².